The highest BCUT2D eigenvalue weighted by molar-refractivity contribution is 9.10. The van der Waals surface area contributed by atoms with Gasteiger partial charge in [0.15, 0.2) is 0 Å². The molecule has 0 unspecified atom stereocenters. The van der Waals surface area contributed by atoms with E-state index < -0.39 is 0 Å². The van der Waals surface area contributed by atoms with Gasteiger partial charge in [0, 0.05) is 23.1 Å². The molecular formula is C20H19BrN2O3. The molecule has 2 aromatic rings. The number of hydrogen-bond donors (Lipinski definition) is 1. The molecule has 0 aliphatic carbocycles. The predicted octanol–water partition coefficient (Wildman–Crippen LogP) is 4.24. The number of amides is 3. The number of carbonyl (C=O) groups excluding carboxylic acids is 3. The number of nitrogens with zero attached hydrogens (tertiary/aromatic N) is 1. The molecule has 6 heteroatoms. The molecule has 1 aliphatic rings. The number of carbonyl (C=O) groups is 3. The lowest BCUT2D eigenvalue weighted by Gasteiger charge is -2.13. The van der Waals surface area contributed by atoms with E-state index in [1.165, 1.54) is 4.90 Å². The summed E-state index contributed by atoms with van der Waals surface area (Å²) in [4.78, 5) is 37.7. The second-order valence-corrected chi connectivity index (χ2v) is 7.09. The molecule has 134 valence electrons. The fraction of sp³-hybridized carbons (Fsp3) is 0.250. The first-order chi connectivity index (χ1) is 12.6. The highest BCUT2D eigenvalue weighted by Crippen LogP contribution is 2.23. The number of anilines is 1. The van der Waals surface area contributed by atoms with Crippen molar-refractivity contribution in [2.45, 2.75) is 25.7 Å². The number of benzene rings is 2. The van der Waals surface area contributed by atoms with Gasteiger partial charge in [0.2, 0.25) is 5.91 Å². The molecule has 1 heterocycles. The summed E-state index contributed by atoms with van der Waals surface area (Å²) in [7, 11) is 0. The maximum absolute atomic E-state index is 12.2. The zero-order valence-corrected chi connectivity index (χ0v) is 15.8. The third-order valence-electron chi connectivity index (χ3n) is 4.27. The summed E-state index contributed by atoms with van der Waals surface area (Å²) in [5, 5.41) is 2.85. The SMILES string of the molecule is O=C(CCCCCN1C(=O)c2ccccc2C1=O)Nc1cccc(Br)c1. The van der Waals surface area contributed by atoms with Gasteiger partial charge in [-0.05, 0) is 43.2 Å². The maximum atomic E-state index is 12.2. The van der Waals surface area contributed by atoms with Crippen molar-refractivity contribution < 1.29 is 14.4 Å². The molecule has 0 saturated heterocycles. The summed E-state index contributed by atoms with van der Waals surface area (Å²) in [5.41, 5.74) is 1.71. The van der Waals surface area contributed by atoms with E-state index in [-0.39, 0.29) is 17.7 Å². The van der Waals surface area contributed by atoms with Crippen LogP contribution in [0.3, 0.4) is 0 Å². The van der Waals surface area contributed by atoms with E-state index in [2.05, 4.69) is 21.2 Å². The highest BCUT2D eigenvalue weighted by atomic mass is 79.9. The minimum absolute atomic E-state index is 0.0381. The van der Waals surface area contributed by atoms with Gasteiger partial charge in [0.25, 0.3) is 11.8 Å². The zero-order valence-electron chi connectivity index (χ0n) is 14.2. The van der Waals surface area contributed by atoms with Gasteiger partial charge in [-0.25, -0.2) is 0 Å². The maximum Gasteiger partial charge on any atom is 0.261 e. The summed E-state index contributed by atoms with van der Waals surface area (Å²) < 4.78 is 0.913. The number of unbranched alkanes of at least 4 members (excludes halogenated alkanes) is 2. The summed E-state index contributed by atoms with van der Waals surface area (Å²) in [6.45, 7) is 0.388. The third-order valence-corrected chi connectivity index (χ3v) is 4.77. The number of halogens is 1. The second-order valence-electron chi connectivity index (χ2n) is 6.18. The van der Waals surface area contributed by atoms with Crippen molar-refractivity contribution >= 4 is 39.3 Å². The predicted molar refractivity (Wildman–Crippen MR) is 103 cm³/mol. The Balaban J connectivity index is 1.39. The highest BCUT2D eigenvalue weighted by Gasteiger charge is 2.34. The normalized spacial score (nSPS) is 13.0. The van der Waals surface area contributed by atoms with Gasteiger partial charge in [-0.15, -0.1) is 0 Å². The minimum Gasteiger partial charge on any atom is -0.326 e. The number of imide groups is 1. The van der Waals surface area contributed by atoms with Gasteiger partial charge in [-0.1, -0.05) is 40.5 Å². The average Bonchev–Trinajstić information content (AvgIpc) is 2.86. The Kier molecular flexibility index (Phi) is 5.83. The monoisotopic (exact) mass is 414 g/mol. The van der Waals surface area contributed by atoms with E-state index in [1.807, 2.05) is 24.3 Å². The molecule has 0 radical (unpaired) electrons. The van der Waals surface area contributed by atoms with Crippen LogP contribution in [0.25, 0.3) is 0 Å². The quantitative estimate of drug-likeness (QED) is 0.543. The Morgan fingerprint density at radius 3 is 2.27 bits per heavy atom. The van der Waals surface area contributed by atoms with Crippen molar-refractivity contribution in [3.05, 3.63) is 64.1 Å². The van der Waals surface area contributed by atoms with Crippen LogP contribution in [0.5, 0.6) is 0 Å². The van der Waals surface area contributed by atoms with Crippen molar-refractivity contribution in [1.29, 1.82) is 0 Å². The summed E-state index contributed by atoms with van der Waals surface area (Å²) in [6.07, 6.45) is 2.59. The molecule has 0 atom stereocenters. The smallest absolute Gasteiger partial charge is 0.261 e. The summed E-state index contributed by atoms with van der Waals surface area (Å²) in [5.74, 6) is -0.486. The number of rotatable bonds is 7. The Morgan fingerprint density at radius 2 is 1.62 bits per heavy atom. The zero-order chi connectivity index (χ0) is 18.5. The first-order valence-electron chi connectivity index (χ1n) is 8.57. The van der Waals surface area contributed by atoms with Gasteiger partial charge in [-0.2, -0.15) is 0 Å². The number of hydrogen-bond acceptors (Lipinski definition) is 3. The molecule has 0 bridgehead atoms. The van der Waals surface area contributed by atoms with Crippen LogP contribution in [-0.4, -0.2) is 29.2 Å². The minimum atomic E-state index is -0.224. The van der Waals surface area contributed by atoms with Crippen molar-refractivity contribution in [2.24, 2.45) is 0 Å². The van der Waals surface area contributed by atoms with Gasteiger partial charge < -0.3 is 5.32 Å². The van der Waals surface area contributed by atoms with E-state index >= 15 is 0 Å². The van der Waals surface area contributed by atoms with Crippen molar-refractivity contribution in [2.75, 3.05) is 11.9 Å². The fourth-order valence-corrected chi connectivity index (χ4v) is 3.36. The standard InChI is InChI=1S/C20H19BrN2O3/c21-14-7-6-8-15(13-14)22-18(24)11-2-1-5-12-23-19(25)16-9-3-4-10-17(16)20(23)26/h3-4,6-10,13H,1-2,5,11-12H2,(H,22,24). The Morgan fingerprint density at radius 1 is 0.923 bits per heavy atom. The van der Waals surface area contributed by atoms with Crippen LogP contribution in [-0.2, 0) is 4.79 Å². The third kappa shape index (κ3) is 4.19. The lowest BCUT2D eigenvalue weighted by molar-refractivity contribution is -0.116. The summed E-state index contributed by atoms with van der Waals surface area (Å²) in [6, 6.07) is 14.3. The lowest BCUT2D eigenvalue weighted by atomic mass is 10.1. The molecule has 1 aliphatic heterocycles. The van der Waals surface area contributed by atoms with E-state index in [0.717, 1.165) is 16.6 Å². The van der Waals surface area contributed by atoms with Gasteiger partial charge in [0.1, 0.15) is 0 Å². The van der Waals surface area contributed by atoms with Crippen LogP contribution in [0.1, 0.15) is 46.4 Å². The van der Waals surface area contributed by atoms with E-state index in [9.17, 15) is 14.4 Å². The molecule has 26 heavy (non-hydrogen) atoms. The molecule has 0 spiro atoms. The molecule has 1 N–H and O–H groups in total. The second kappa shape index (κ2) is 8.27. The molecule has 0 saturated carbocycles. The van der Waals surface area contributed by atoms with Crippen molar-refractivity contribution in [3.8, 4) is 0 Å². The van der Waals surface area contributed by atoms with Crippen LogP contribution < -0.4 is 5.32 Å². The topological polar surface area (TPSA) is 66.5 Å². The number of nitrogens with one attached hydrogen (secondary N) is 1. The Labute approximate surface area is 160 Å². The molecule has 2 aromatic carbocycles. The van der Waals surface area contributed by atoms with Gasteiger partial charge in [0.05, 0.1) is 11.1 Å². The fourth-order valence-electron chi connectivity index (χ4n) is 2.96. The lowest BCUT2D eigenvalue weighted by Crippen LogP contribution is -2.30. The van der Waals surface area contributed by atoms with E-state index in [0.29, 0.717) is 36.9 Å². The van der Waals surface area contributed by atoms with Crippen LogP contribution >= 0.6 is 15.9 Å². The number of fused-ring (bicyclic) bond motifs is 1. The molecule has 5 nitrogen and oxygen atoms in total. The molecule has 0 fully saturated rings. The molecule has 0 aromatic heterocycles. The van der Waals surface area contributed by atoms with Gasteiger partial charge >= 0.3 is 0 Å². The first-order valence-corrected chi connectivity index (χ1v) is 9.36. The molecular weight excluding hydrogens is 396 g/mol. The van der Waals surface area contributed by atoms with E-state index in [1.54, 1.807) is 24.3 Å². The first kappa shape index (κ1) is 18.3. The Bertz CT molecular complexity index is 815. The summed E-state index contributed by atoms with van der Waals surface area (Å²) >= 11 is 3.37. The van der Waals surface area contributed by atoms with Crippen LogP contribution in [0, 0.1) is 0 Å². The van der Waals surface area contributed by atoms with Crippen LogP contribution in [0.2, 0.25) is 0 Å². The average molecular weight is 415 g/mol. The van der Waals surface area contributed by atoms with Crippen LogP contribution in [0.4, 0.5) is 5.69 Å². The van der Waals surface area contributed by atoms with E-state index in [4.69, 9.17) is 0 Å². The Hall–Kier alpha value is -2.47. The molecule has 3 amide bonds. The van der Waals surface area contributed by atoms with Crippen molar-refractivity contribution in [1.82, 2.24) is 4.90 Å². The molecule has 3 rings (SSSR count). The largest absolute Gasteiger partial charge is 0.326 e. The van der Waals surface area contributed by atoms with Crippen LogP contribution in [0.15, 0.2) is 53.0 Å². The van der Waals surface area contributed by atoms with Gasteiger partial charge in [-0.3, -0.25) is 19.3 Å². The van der Waals surface area contributed by atoms with Crippen molar-refractivity contribution in [3.63, 3.8) is 0 Å².